The summed E-state index contributed by atoms with van der Waals surface area (Å²) >= 11 is 0. The fourth-order valence-electron chi connectivity index (χ4n) is 5.33. The highest BCUT2D eigenvalue weighted by Crippen LogP contribution is 2.31. The number of aromatic hydroxyl groups is 1. The minimum atomic E-state index is -4.04. The van der Waals surface area contributed by atoms with Crippen LogP contribution in [0.15, 0.2) is 47.4 Å². The monoisotopic (exact) mass is 626 g/mol. The number of rotatable bonds is 8. The lowest BCUT2D eigenvalue weighted by molar-refractivity contribution is -0.114. The predicted octanol–water partition coefficient (Wildman–Crippen LogP) is -0.191. The van der Waals surface area contributed by atoms with Gasteiger partial charge >= 0.3 is 0 Å². The van der Waals surface area contributed by atoms with Crippen LogP contribution in [0.2, 0.25) is 0 Å². The zero-order chi connectivity index (χ0) is 31.6. The van der Waals surface area contributed by atoms with E-state index in [1.807, 2.05) is 9.80 Å². The Bertz CT molecular complexity index is 1540. The van der Waals surface area contributed by atoms with Gasteiger partial charge in [-0.05, 0) is 49.2 Å². The maximum absolute atomic E-state index is 12.9. The van der Waals surface area contributed by atoms with Crippen LogP contribution in [0.5, 0.6) is 5.75 Å². The molecule has 2 saturated heterocycles. The van der Waals surface area contributed by atoms with E-state index in [-0.39, 0.29) is 52.4 Å². The number of sulfonamides is 1. The Hall–Kier alpha value is -4.29. The Morgan fingerprint density at radius 3 is 1.80 bits per heavy atom. The second-order valence-corrected chi connectivity index (χ2v) is 12.9. The highest BCUT2D eigenvalue weighted by molar-refractivity contribution is 7.92. The van der Waals surface area contributed by atoms with Gasteiger partial charge in [0.1, 0.15) is 5.75 Å². The molecule has 2 aliphatic rings. The molecule has 16 nitrogen and oxygen atoms in total. The Balaban J connectivity index is 1.38. The lowest BCUT2D eigenvalue weighted by Crippen LogP contribution is -2.54. The minimum Gasteiger partial charge on any atom is -0.506 e. The third-order valence-electron chi connectivity index (χ3n) is 7.19. The number of nitrogens with zero attached hydrogens (tertiary/aromatic N) is 5. The quantitative estimate of drug-likeness (QED) is 0.151. The van der Waals surface area contributed by atoms with E-state index < -0.39 is 10.0 Å². The van der Waals surface area contributed by atoms with Crippen LogP contribution in [-0.4, -0.2) is 84.7 Å². The zero-order valence-electron chi connectivity index (χ0n) is 24.2. The van der Waals surface area contributed by atoms with E-state index >= 15 is 0 Å². The Morgan fingerprint density at radius 2 is 1.32 bits per heavy atom. The van der Waals surface area contributed by atoms with Gasteiger partial charge in [0.2, 0.25) is 23.8 Å². The second-order valence-electron chi connectivity index (χ2n) is 11.2. The van der Waals surface area contributed by atoms with E-state index in [2.05, 4.69) is 25.3 Å². The molecule has 1 amide bonds. The number of amides is 1. The maximum Gasteiger partial charge on any atom is 0.262 e. The predicted molar refractivity (Wildman–Crippen MR) is 168 cm³/mol. The SMILES string of the molecule is CC(=O)Nc1ccc(S(=O)(=O)Nc2ccc(Nc3nc(N4C[C@H](N)C[C@H](N)C4)nc(N4C[C@H](N)C[C@H](N)C4)n3)cc2O)cc1. The van der Waals surface area contributed by atoms with E-state index in [1.165, 1.54) is 43.3 Å². The molecule has 17 heteroatoms. The van der Waals surface area contributed by atoms with Crippen molar-refractivity contribution in [1.29, 1.82) is 0 Å². The molecule has 44 heavy (non-hydrogen) atoms. The molecule has 0 saturated carbocycles. The first kappa shape index (κ1) is 31.1. The van der Waals surface area contributed by atoms with Crippen molar-refractivity contribution in [3.05, 3.63) is 42.5 Å². The molecule has 3 heterocycles. The minimum absolute atomic E-state index is 0.0360. The third-order valence-corrected chi connectivity index (χ3v) is 8.57. The first-order valence-corrected chi connectivity index (χ1v) is 15.6. The number of nitrogens with one attached hydrogen (secondary N) is 3. The molecular weight excluding hydrogens is 588 g/mol. The smallest absolute Gasteiger partial charge is 0.262 e. The van der Waals surface area contributed by atoms with Gasteiger partial charge in [0.25, 0.3) is 10.0 Å². The molecule has 0 aliphatic carbocycles. The van der Waals surface area contributed by atoms with Crippen molar-refractivity contribution in [2.75, 3.05) is 51.3 Å². The second kappa shape index (κ2) is 12.7. The van der Waals surface area contributed by atoms with Gasteiger partial charge in [-0.2, -0.15) is 15.0 Å². The van der Waals surface area contributed by atoms with Gasteiger partial charge in [-0.3, -0.25) is 9.52 Å². The fraction of sp³-hybridized carbons (Fsp3) is 0.407. The number of hydrogen-bond acceptors (Lipinski definition) is 14. The molecule has 0 bridgehead atoms. The average Bonchev–Trinajstić information content (AvgIpc) is 2.93. The summed E-state index contributed by atoms with van der Waals surface area (Å²) in [6.45, 7) is 3.41. The molecule has 2 fully saturated rings. The van der Waals surface area contributed by atoms with Gasteiger partial charge in [-0.15, -0.1) is 0 Å². The first-order valence-electron chi connectivity index (χ1n) is 14.1. The summed E-state index contributed by atoms with van der Waals surface area (Å²) in [6.07, 6.45) is 1.38. The number of phenols is 1. The number of aromatic nitrogens is 3. The van der Waals surface area contributed by atoms with Crippen molar-refractivity contribution in [3.63, 3.8) is 0 Å². The maximum atomic E-state index is 12.9. The molecule has 12 N–H and O–H groups in total. The van der Waals surface area contributed by atoms with E-state index in [9.17, 15) is 18.3 Å². The topological polar surface area (TPSA) is 257 Å². The molecule has 0 spiro atoms. The highest BCUT2D eigenvalue weighted by atomic mass is 32.2. The average molecular weight is 627 g/mol. The number of piperidine rings is 2. The lowest BCUT2D eigenvalue weighted by atomic mass is 10.0. The number of anilines is 6. The number of hydrogen-bond donors (Lipinski definition) is 8. The molecule has 2 aliphatic heterocycles. The molecule has 4 atom stereocenters. The van der Waals surface area contributed by atoms with Crippen molar-refractivity contribution in [2.45, 2.75) is 48.8 Å². The molecule has 236 valence electrons. The van der Waals surface area contributed by atoms with Gasteiger partial charge in [0, 0.05) is 74.7 Å². The van der Waals surface area contributed by atoms with E-state index in [1.54, 1.807) is 6.07 Å². The molecule has 0 unspecified atom stereocenters. The van der Waals surface area contributed by atoms with Gasteiger partial charge in [0.05, 0.1) is 10.6 Å². The van der Waals surface area contributed by atoms with Gasteiger partial charge in [-0.25, -0.2) is 8.42 Å². The van der Waals surface area contributed by atoms with Crippen LogP contribution in [0.25, 0.3) is 0 Å². The van der Waals surface area contributed by atoms with Gasteiger partial charge in [0.15, 0.2) is 0 Å². The van der Waals surface area contributed by atoms with Crippen molar-refractivity contribution in [1.82, 2.24) is 15.0 Å². The summed E-state index contributed by atoms with van der Waals surface area (Å²) in [5.74, 6) is 0.353. The number of carbonyl (C=O) groups is 1. The number of phenolic OH excluding ortho intramolecular Hbond substituents is 1. The summed E-state index contributed by atoms with van der Waals surface area (Å²) in [6, 6.07) is 9.39. The summed E-state index contributed by atoms with van der Waals surface area (Å²) < 4.78 is 28.2. The van der Waals surface area contributed by atoms with Crippen LogP contribution in [0, 0.1) is 0 Å². The Morgan fingerprint density at radius 1 is 0.818 bits per heavy atom. The van der Waals surface area contributed by atoms with Crippen molar-refractivity contribution in [3.8, 4) is 5.75 Å². The highest BCUT2D eigenvalue weighted by Gasteiger charge is 2.29. The van der Waals surface area contributed by atoms with Crippen LogP contribution >= 0.6 is 0 Å². The number of carbonyl (C=O) groups excluding carboxylic acids is 1. The first-order chi connectivity index (χ1) is 20.8. The standard InChI is InChI=1S/C27H38N12O4S/c1-15(40)32-20-2-5-22(6-3-20)44(42,43)37-23-7-4-21(10-24(23)41)33-25-34-26(38-11-16(28)8-17(29)12-38)36-27(35-25)39-13-18(30)9-19(31)14-39/h2-7,10,16-19,37,41H,8-9,11-14,28-31H2,1H3,(H,32,40)(H,33,34,35,36)/t16-,17+,18-,19+. The van der Waals surface area contributed by atoms with Crippen LogP contribution in [-0.2, 0) is 14.8 Å². The lowest BCUT2D eigenvalue weighted by Gasteiger charge is -2.37. The van der Waals surface area contributed by atoms with Gasteiger partial charge in [-0.1, -0.05) is 0 Å². The zero-order valence-corrected chi connectivity index (χ0v) is 25.0. The number of nitrogens with two attached hydrogens (primary N) is 4. The van der Waals surface area contributed by atoms with Crippen molar-refractivity contribution in [2.24, 2.45) is 22.9 Å². The Kier molecular flexibility index (Phi) is 9.02. The van der Waals surface area contributed by atoms with Crippen molar-refractivity contribution < 1.29 is 18.3 Å². The summed E-state index contributed by atoms with van der Waals surface area (Å²) in [5, 5.41) is 16.4. The van der Waals surface area contributed by atoms with Crippen LogP contribution in [0.4, 0.5) is 34.9 Å². The normalized spacial score (nSPS) is 22.4. The Labute approximate surface area is 255 Å². The van der Waals surface area contributed by atoms with Crippen LogP contribution in [0.1, 0.15) is 19.8 Å². The molecule has 1 aromatic heterocycles. The number of benzene rings is 2. The van der Waals surface area contributed by atoms with Gasteiger partial charge < -0.3 is 48.5 Å². The molecule has 5 rings (SSSR count). The summed E-state index contributed by atoms with van der Waals surface area (Å²) in [5.41, 5.74) is 25.7. The molecule has 3 aromatic rings. The van der Waals surface area contributed by atoms with E-state index in [0.29, 0.717) is 62.3 Å². The van der Waals surface area contributed by atoms with Crippen molar-refractivity contribution >= 4 is 50.8 Å². The summed E-state index contributed by atoms with van der Waals surface area (Å²) in [4.78, 5) is 28.9. The van der Waals surface area contributed by atoms with Crippen LogP contribution in [0.3, 0.4) is 0 Å². The molecular formula is C27H38N12O4S. The molecule has 2 aromatic carbocycles. The third kappa shape index (κ3) is 7.61. The van der Waals surface area contributed by atoms with E-state index in [0.717, 1.165) is 0 Å². The van der Waals surface area contributed by atoms with E-state index in [4.69, 9.17) is 27.9 Å². The summed E-state index contributed by atoms with van der Waals surface area (Å²) in [7, 11) is -4.04. The fourth-order valence-corrected chi connectivity index (χ4v) is 6.40. The molecule has 0 radical (unpaired) electrons. The largest absolute Gasteiger partial charge is 0.506 e. The van der Waals surface area contributed by atoms with Crippen LogP contribution < -0.4 is 48.1 Å².